The van der Waals surface area contributed by atoms with Gasteiger partial charge in [0.2, 0.25) is 11.6 Å². The molecule has 2 fully saturated rings. The number of rotatable bonds is 3. The summed E-state index contributed by atoms with van der Waals surface area (Å²) in [5.41, 5.74) is -2.25. The molecule has 0 spiro atoms. The highest BCUT2D eigenvalue weighted by Gasteiger charge is 2.47. The molecule has 1 saturated heterocycles. The van der Waals surface area contributed by atoms with Crippen LogP contribution < -0.4 is 0 Å². The molecule has 114 valence electrons. The molecular formula is C15H24FNO3. The molecule has 20 heavy (non-hydrogen) atoms. The van der Waals surface area contributed by atoms with E-state index in [0.29, 0.717) is 11.8 Å². The monoisotopic (exact) mass is 285 g/mol. The minimum Gasteiger partial charge on any atom is -0.479 e. The van der Waals surface area contributed by atoms with Crippen LogP contribution in [-0.2, 0) is 9.59 Å². The Hall–Kier alpha value is -1.13. The Balaban J connectivity index is 1.89. The van der Waals surface area contributed by atoms with Gasteiger partial charge in [-0.3, -0.25) is 4.79 Å². The number of carbonyl (C=O) groups is 2. The van der Waals surface area contributed by atoms with E-state index < -0.39 is 11.6 Å². The number of halogens is 1. The molecule has 5 heteroatoms. The molecule has 4 nitrogen and oxygen atoms in total. The smallest absolute Gasteiger partial charge is 0.343 e. The molecule has 1 saturated carbocycles. The Kier molecular flexibility index (Phi) is 4.35. The first-order chi connectivity index (χ1) is 9.33. The van der Waals surface area contributed by atoms with E-state index in [-0.39, 0.29) is 31.3 Å². The van der Waals surface area contributed by atoms with Gasteiger partial charge in [0, 0.05) is 18.9 Å². The predicted octanol–water partition coefficient (Wildman–Crippen LogP) is 2.47. The van der Waals surface area contributed by atoms with Crippen molar-refractivity contribution in [2.45, 2.75) is 51.6 Å². The summed E-state index contributed by atoms with van der Waals surface area (Å²) in [6.07, 6.45) is 3.70. The van der Waals surface area contributed by atoms with Crippen LogP contribution in [-0.4, -0.2) is 40.6 Å². The van der Waals surface area contributed by atoms with Crippen LogP contribution in [0.25, 0.3) is 0 Å². The number of hydrogen-bond donors (Lipinski definition) is 1. The van der Waals surface area contributed by atoms with Gasteiger partial charge in [0.05, 0.1) is 6.54 Å². The minimum absolute atomic E-state index is 0.0406. The summed E-state index contributed by atoms with van der Waals surface area (Å²) in [6, 6.07) is 0. The first-order valence-electron chi connectivity index (χ1n) is 7.54. The van der Waals surface area contributed by atoms with E-state index in [9.17, 15) is 14.0 Å². The summed E-state index contributed by atoms with van der Waals surface area (Å²) in [5, 5.41) is 8.87. The normalized spacial score (nSPS) is 34.5. The number of carboxylic acid groups (broad SMARTS) is 1. The van der Waals surface area contributed by atoms with Crippen LogP contribution in [0.4, 0.5) is 4.39 Å². The van der Waals surface area contributed by atoms with Crippen molar-refractivity contribution in [1.29, 1.82) is 0 Å². The minimum atomic E-state index is -2.25. The van der Waals surface area contributed by atoms with E-state index in [1.54, 1.807) is 0 Å². The topological polar surface area (TPSA) is 57.6 Å². The van der Waals surface area contributed by atoms with Crippen LogP contribution in [0.5, 0.6) is 0 Å². The van der Waals surface area contributed by atoms with Crippen LogP contribution in [0.15, 0.2) is 0 Å². The fraction of sp³-hybridized carbons (Fsp3) is 0.867. The molecule has 0 aromatic heterocycles. The lowest BCUT2D eigenvalue weighted by Crippen LogP contribution is -2.41. The molecule has 1 heterocycles. The zero-order chi connectivity index (χ0) is 14.9. The molecule has 1 amide bonds. The molecular weight excluding hydrogens is 261 g/mol. The maximum atomic E-state index is 14.0. The summed E-state index contributed by atoms with van der Waals surface area (Å²) in [7, 11) is 0. The third-order valence-electron chi connectivity index (χ3n) is 4.98. The highest BCUT2D eigenvalue weighted by molar-refractivity contribution is 5.83. The average molecular weight is 285 g/mol. The third-order valence-corrected chi connectivity index (χ3v) is 4.98. The quantitative estimate of drug-likeness (QED) is 0.866. The second-order valence-electron chi connectivity index (χ2n) is 6.64. The Bertz CT molecular complexity index is 391. The lowest BCUT2D eigenvalue weighted by atomic mass is 9.76. The van der Waals surface area contributed by atoms with Crippen molar-refractivity contribution >= 4 is 11.9 Å². The summed E-state index contributed by atoms with van der Waals surface area (Å²) in [4.78, 5) is 24.6. The van der Waals surface area contributed by atoms with E-state index in [1.165, 1.54) is 4.90 Å². The van der Waals surface area contributed by atoms with Gasteiger partial charge in [0.1, 0.15) is 0 Å². The first kappa shape index (κ1) is 15.3. The van der Waals surface area contributed by atoms with Crippen molar-refractivity contribution in [3.8, 4) is 0 Å². The highest BCUT2D eigenvalue weighted by Crippen LogP contribution is 2.35. The molecule has 1 aliphatic heterocycles. The Morgan fingerprint density at radius 2 is 1.85 bits per heavy atom. The lowest BCUT2D eigenvalue weighted by molar-refractivity contribution is -0.150. The van der Waals surface area contributed by atoms with E-state index in [0.717, 1.165) is 25.7 Å². The molecule has 1 atom stereocenters. The average Bonchev–Trinajstić information content (AvgIpc) is 2.82. The van der Waals surface area contributed by atoms with Crippen LogP contribution in [0, 0.1) is 17.8 Å². The van der Waals surface area contributed by atoms with Gasteiger partial charge >= 0.3 is 5.97 Å². The van der Waals surface area contributed by atoms with E-state index in [4.69, 9.17) is 5.11 Å². The number of carbonyl (C=O) groups excluding carboxylic acids is 1. The van der Waals surface area contributed by atoms with Gasteiger partial charge in [-0.1, -0.05) is 13.8 Å². The number of amides is 1. The molecule has 2 aliphatic rings. The molecule has 2 rings (SSSR count). The number of alkyl halides is 1. The standard InChI is InChI=1S/C15H24FNO3/c1-10(2)11-3-5-12(6-4-11)13(18)17-8-7-15(16,9-17)14(19)20/h10-12H,3-9H2,1-2H3,(H,19,20). The van der Waals surface area contributed by atoms with E-state index >= 15 is 0 Å². The predicted molar refractivity (Wildman–Crippen MR) is 73.0 cm³/mol. The van der Waals surface area contributed by atoms with Gasteiger partial charge in [0.15, 0.2) is 0 Å². The van der Waals surface area contributed by atoms with Crippen molar-refractivity contribution in [2.24, 2.45) is 17.8 Å². The summed E-state index contributed by atoms with van der Waals surface area (Å²) < 4.78 is 14.0. The van der Waals surface area contributed by atoms with Crippen LogP contribution >= 0.6 is 0 Å². The summed E-state index contributed by atoms with van der Waals surface area (Å²) in [5.74, 6) is -0.217. The first-order valence-corrected chi connectivity index (χ1v) is 7.54. The Labute approximate surface area is 119 Å². The highest BCUT2D eigenvalue weighted by atomic mass is 19.1. The number of hydrogen-bond acceptors (Lipinski definition) is 2. The largest absolute Gasteiger partial charge is 0.479 e. The zero-order valence-corrected chi connectivity index (χ0v) is 12.3. The van der Waals surface area contributed by atoms with E-state index in [2.05, 4.69) is 13.8 Å². The maximum absolute atomic E-state index is 14.0. The SMILES string of the molecule is CC(C)C1CCC(C(=O)N2CCC(F)(C(=O)O)C2)CC1. The number of nitrogens with zero attached hydrogens (tertiary/aromatic N) is 1. The Morgan fingerprint density at radius 3 is 2.30 bits per heavy atom. The Morgan fingerprint density at radius 1 is 1.25 bits per heavy atom. The van der Waals surface area contributed by atoms with E-state index in [1.807, 2.05) is 0 Å². The molecule has 1 aliphatic carbocycles. The lowest BCUT2D eigenvalue weighted by Gasteiger charge is -2.32. The number of carboxylic acids is 1. The summed E-state index contributed by atoms with van der Waals surface area (Å²) in [6.45, 7) is 4.35. The molecule has 1 unspecified atom stereocenters. The second-order valence-corrected chi connectivity index (χ2v) is 6.64. The number of aliphatic carboxylic acids is 1. The molecule has 0 aromatic rings. The zero-order valence-electron chi connectivity index (χ0n) is 12.3. The van der Waals surface area contributed by atoms with Gasteiger partial charge in [-0.25, -0.2) is 9.18 Å². The van der Waals surface area contributed by atoms with Crippen molar-refractivity contribution in [1.82, 2.24) is 4.90 Å². The summed E-state index contributed by atoms with van der Waals surface area (Å²) >= 11 is 0. The second kappa shape index (κ2) is 5.70. The van der Waals surface area contributed by atoms with Gasteiger partial charge in [0.25, 0.3) is 0 Å². The van der Waals surface area contributed by atoms with Crippen molar-refractivity contribution in [3.63, 3.8) is 0 Å². The number of likely N-dealkylation sites (tertiary alicyclic amines) is 1. The van der Waals surface area contributed by atoms with Gasteiger partial charge < -0.3 is 10.0 Å². The van der Waals surface area contributed by atoms with Crippen molar-refractivity contribution in [3.05, 3.63) is 0 Å². The van der Waals surface area contributed by atoms with Gasteiger partial charge in [-0.2, -0.15) is 0 Å². The molecule has 0 radical (unpaired) electrons. The maximum Gasteiger partial charge on any atom is 0.343 e. The molecule has 0 aromatic carbocycles. The third kappa shape index (κ3) is 2.96. The van der Waals surface area contributed by atoms with Gasteiger partial charge in [-0.05, 0) is 37.5 Å². The van der Waals surface area contributed by atoms with Crippen LogP contribution in [0.1, 0.15) is 46.0 Å². The fourth-order valence-corrected chi connectivity index (χ4v) is 3.43. The van der Waals surface area contributed by atoms with Crippen LogP contribution in [0.3, 0.4) is 0 Å². The van der Waals surface area contributed by atoms with Gasteiger partial charge in [-0.15, -0.1) is 0 Å². The molecule has 1 N–H and O–H groups in total. The molecule has 0 bridgehead atoms. The van der Waals surface area contributed by atoms with Crippen molar-refractivity contribution < 1.29 is 19.1 Å². The van der Waals surface area contributed by atoms with Crippen LogP contribution in [0.2, 0.25) is 0 Å². The van der Waals surface area contributed by atoms with Crippen molar-refractivity contribution in [2.75, 3.05) is 13.1 Å². The fourth-order valence-electron chi connectivity index (χ4n) is 3.43.